The fourth-order valence-electron chi connectivity index (χ4n) is 2.56. The molecular formula is C13H25N3O4. The van der Waals surface area contributed by atoms with Crippen LogP contribution in [0.5, 0.6) is 0 Å². The summed E-state index contributed by atoms with van der Waals surface area (Å²) in [4.78, 5) is 2.19. The van der Waals surface area contributed by atoms with Gasteiger partial charge in [0.1, 0.15) is 18.3 Å². The number of hydrogen-bond acceptors (Lipinski definition) is 7. The largest absolute Gasteiger partial charge is 0.388 e. The van der Waals surface area contributed by atoms with Crippen LogP contribution in [-0.4, -0.2) is 85.1 Å². The van der Waals surface area contributed by atoms with Crippen molar-refractivity contribution in [2.75, 3.05) is 39.3 Å². The van der Waals surface area contributed by atoms with Gasteiger partial charge in [0.2, 0.25) is 0 Å². The van der Waals surface area contributed by atoms with Gasteiger partial charge in [0.15, 0.2) is 6.29 Å². The Morgan fingerprint density at radius 3 is 2.70 bits per heavy atom. The Morgan fingerprint density at radius 1 is 1.35 bits per heavy atom. The second kappa shape index (κ2) is 7.46. The van der Waals surface area contributed by atoms with E-state index in [4.69, 9.17) is 15.2 Å². The Hall–Kier alpha value is -0.540. The first-order chi connectivity index (χ1) is 9.63. The molecule has 0 amide bonds. The topological polar surface area (TPSA) is 100 Å². The standard InChI is InChI=1S/C13H25N3O4/c1-2-7-19-13-10(14)12(18)11(17)9(20-13)8-16-5-3-15-4-6-16/h2,9-13,15,17-18H,1,3-8,14H2/t9-,10-,11-,12-,13-/m1/s1. The van der Waals surface area contributed by atoms with Crippen molar-refractivity contribution < 1.29 is 19.7 Å². The van der Waals surface area contributed by atoms with Crippen molar-refractivity contribution in [1.29, 1.82) is 0 Å². The lowest BCUT2D eigenvalue weighted by atomic mass is 9.97. The lowest BCUT2D eigenvalue weighted by molar-refractivity contribution is -0.259. The highest BCUT2D eigenvalue weighted by molar-refractivity contribution is 4.93. The molecule has 116 valence electrons. The first kappa shape index (κ1) is 15.8. The van der Waals surface area contributed by atoms with Crippen LogP contribution in [0.1, 0.15) is 0 Å². The van der Waals surface area contributed by atoms with Crippen LogP contribution in [0.4, 0.5) is 0 Å². The first-order valence-corrected chi connectivity index (χ1v) is 7.06. The summed E-state index contributed by atoms with van der Waals surface area (Å²) < 4.78 is 11.1. The van der Waals surface area contributed by atoms with Gasteiger partial charge >= 0.3 is 0 Å². The molecule has 2 rings (SSSR count). The van der Waals surface area contributed by atoms with Crippen LogP contribution in [0.15, 0.2) is 12.7 Å². The van der Waals surface area contributed by atoms with Gasteiger partial charge in [-0.15, -0.1) is 6.58 Å². The summed E-state index contributed by atoms with van der Waals surface area (Å²) in [6, 6.07) is -0.760. The molecule has 2 aliphatic rings. The maximum Gasteiger partial charge on any atom is 0.176 e. The molecule has 0 aromatic rings. The van der Waals surface area contributed by atoms with Crippen LogP contribution in [0, 0.1) is 0 Å². The predicted molar refractivity (Wildman–Crippen MR) is 74.1 cm³/mol. The van der Waals surface area contributed by atoms with Gasteiger partial charge in [-0.25, -0.2) is 0 Å². The third-order valence-corrected chi connectivity index (χ3v) is 3.77. The summed E-state index contributed by atoms with van der Waals surface area (Å²) in [5, 5.41) is 23.4. The normalized spacial score (nSPS) is 39.6. The molecular weight excluding hydrogens is 262 g/mol. The minimum atomic E-state index is -1.05. The number of nitrogens with one attached hydrogen (secondary N) is 1. The van der Waals surface area contributed by atoms with E-state index in [-0.39, 0.29) is 0 Å². The van der Waals surface area contributed by atoms with Crippen molar-refractivity contribution in [3.8, 4) is 0 Å². The van der Waals surface area contributed by atoms with E-state index in [1.54, 1.807) is 6.08 Å². The van der Waals surface area contributed by atoms with Crippen molar-refractivity contribution in [2.45, 2.75) is 30.6 Å². The van der Waals surface area contributed by atoms with Gasteiger partial charge in [-0.2, -0.15) is 0 Å². The van der Waals surface area contributed by atoms with Gasteiger partial charge in [0, 0.05) is 32.7 Å². The van der Waals surface area contributed by atoms with Crippen molar-refractivity contribution in [3.63, 3.8) is 0 Å². The lowest BCUT2D eigenvalue weighted by Gasteiger charge is -2.43. The van der Waals surface area contributed by atoms with Gasteiger partial charge in [0.05, 0.1) is 12.6 Å². The smallest absolute Gasteiger partial charge is 0.176 e. The molecule has 5 N–H and O–H groups in total. The molecule has 2 aliphatic heterocycles. The minimum absolute atomic E-state index is 0.293. The third kappa shape index (κ3) is 3.76. The third-order valence-electron chi connectivity index (χ3n) is 3.77. The molecule has 0 spiro atoms. The van der Waals surface area contributed by atoms with Crippen molar-refractivity contribution in [1.82, 2.24) is 10.2 Å². The monoisotopic (exact) mass is 287 g/mol. The van der Waals surface area contributed by atoms with Crippen LogP contribution in [0.2, 0.25) is 0 Å². The van der Waals surface area contributed by atoms with E-state index < -0.39 is 30.6 Å². The zero-order valence-corrected chi connectivity index (χ0v) is 11.6. The predicted octanol–water partition coefficient (Wildman–Crippen LogP) is -2.13. The number of nitrogens with zero attached hydrogens (tertiary/aromatic N) is 1. The van der Waals surface area contributed by atoms with Gasteiger partial charge in [0.25, 0.3) is 0 Å². The average molecular weight is 287 g/mol. The Kier molecular flexibility index (Phi) is 5.91. The van der Waals surface area contributed by atoms with E-state index in [0.717, 1.165) is 26.2 Å². The van der Waals surface area contributed by atoms with Crippen LogP contribution in [0.3, 0.4) is 0 Å². The van der Waals surface area contributed by atoms with Crippen molar-refractivity contribution in [3.05, 3.63) is 12.7 Å². The summed E-state index contributed by atoms with van der Waals surface area (Å²) in [6.07, 6.45) is -1.68. The quantitative estimate of drug-likeness (QED) is 0.429. The maximum absolute atomic E-state index is 10.1. The molecule has 0 bridgehead atoms. The molecule has 0 saturated carbocycles. The molecule has 0 aromatic carbocycles. The van der Waals surface area contributed by atoms with Crippen LogP contribution in [-0.2, 0) is 9.47 Å². The molecule has 20 heavy (non-hydrogen) atoms. The van der Waals surface area contributed by atoms with Crippen molar-refractivity contribution >= 4 is 0 Å². The lowest BCUT2D eigenvalue weighted by Crippen LogP contribution is -2.64. The summed E-state index contributed by atoms with van der Waals surface area (Å²) >= 11 is 0. The molecule has 0 radical (unpaired) electrons. The molecule has 7 heteroatoms. The highest BCUT2D eigenvalue weighted by Crippen LogP contribution is 2.21. The number of hydrogen-bond donors (Lipinski definition) is 4. The molecule has 2 fully saturated rings. The highest BCUT2D eigenvalue weighted by Gasteiger charge is 2.43. The van der Waals surface area contributed by atoms with E-state index in [1.807, 2.05) is 0 Å². The number of nitrogens with two attached hydrogens (primary N) is 1. The summed E-state index contributed by atoms with van der Waals surface area (Å²) in [5.74, 6) is 0. The molecule has 7 nitrogen and oxygen atoms in total. The van der Waals surface area contributed by atoms with Crippen molar-refractivity contribution in [2.24, 2.45) is 5.73 Å². The van der Waals surface area contributed by atoms with Gasteiger partial charge < -0.3 is 30.7 Å². The fraction of sp³-hybridized carbons (Fsp3) is 0.846. The molecule has 0 aliphatic carbocycles. The van der Waals surface area contributed by atoms with Gasteiger partial charge in [-0.1, -0.05) is 6.08 Å². The van der Waals surface area contributed by atoms with Crippen LogP contribution < -0.4 is 11.1 Å². The maximum atomic E-state index is 10.1. The van der Waals surface area contributed by atoms with E-state index in [9.17, 15) is 10.2 Å². The molecule has 2 heterocycles. The van der Waals surface area contributed by atoms with E-state index in [0.29, 0.717) is 13.2 Å². The van der Waals surface area contributed by atoms with E-state index in [1.165, 1.54) is 0 Å². The highest BCUT2D eigenvalue weighted by atomic mass is 16.7. The Morgan fingerprint density at radius 2 is 2.05 bits per heavy atom. The number of aliphatic hydroxyl groups excluding tert-OH is 2. The Balaban J connectivity index is 1.93. The van der Waals surface area contributed by atoms with Crippen LogP contribution in [0.25, 0.3) is 0 Å². The number of ether oxygens (including phenoxy) is 2. The Bertz CT molecular complexity index is 312. The SMILES string of the molecule is C=CCO[C@@H]1O[C@H](CN2CCNCC2)[C@@H](O)[C@H](O)[C@H]1N. The zero-order chi connectivity index (χ0) is 14.5. The zero-order valence-electron chi connectivity index (χ0n) is 11.6. The summed E-state index contributed by atoms with van der Waals surface area (Å²) in [5.41, 5.74) is 5.83. The molecule has 0 unspecified atom stereocenters. The average Bonchev–Trinajstić information content (AvgIpc) is 2.48. The summed E-state index contributed by atoms with van der Waals surface area (Å²) in [7, 11) is 0. The number of aliphatic hydroxyl groups is 2. The fourth-order valence-corrected chi connectivity index (χ4v) is 2.56. The Labute approximate surface area is 119 Å². The molecule has 2 saturated heterocycles. The van der Waals surface area contributed by atoms with E-state index in [2.05, 4.69) is 16.8 Å². The van der Waals surface area contributed by atoms with Gasteiger partial charge in [-0.05, 0) is 0 Å². The van der Waals surface area contributed by atoms with E-state index >= 15 is 0 Å². The summed E-state index contributed by atoms with van der Waals surface area (Å²) in [6.45, 7) is 8.04. The second-order valence-electron chi connectivity index (χ2n) is 5.27. The molecule has 0 aromatic heterocycles. The van der Waals surface area contributed by atoms with Gasteiger partial charge in [-0.3, -0.25) is 4.90 Å². The first-order valence-electron chi connectivity index (χ1n) is 7.06. The van der Waals surface area contributed by atoms with Crippen LogP contribution >= 0.6 is 0 Å². The molecule has 5 atom stereocenters. The number of rotatable bonds is 5. The number of piperazine rings is 1. The second-order valence-corrected chi connectivity index (χ2v) is 5.27. The minimum Gasteiger partial charge on any atom is -0.388 e.